The summed E-state index contributed by atoms with van der Waals surface area (Å²) in [5.41, 5.74) is 0.704. The number of nitrogens with one attached hydrogen (secondary N) is 2. The van der Waals surface area contributed by atoms with Crippen LogP contribution in [0.2, 0.25) is 0 Å². The molecule has 2 N–H and O–H groups in total. The van der Waals surface area contributed by atoms with Crippen LogP contribution in [0.5, 0.6) is 0 Å². The van der Waals surface area contributed by atoms with E-state index in [4.69, 9.17) is 0 Å². The van der Waals surface area contributed by atoms with Crippen molar-refractivity contribution in [2.75, 3.05) is 11.6 Å². The van der Waals surface area contributed by atoms with Crippen molar-refractivity contribution in [3.63, 3.8) is 0 Å². The smallest absolute Gasteiger partial charge is 0.343 e. The lowest BCUT2D eigenvalue weighted by atomic mass is 10.3. The maximum absolute atomic E-state index is 11.0. The molecule has 0 radical (unpaired) electrons. The van der Waals surface area contributed by atoms with E-state index in [0.29, 0.717) is 5.69 Å². The minimum atomic E-state index is -0.527. The fourth-order valence-corrected chi connectivity index (χ4v) is 0.903. The van der Waals surface area contributed by atoms with Crippen LogP contribution in [0.25, 0.3) is 0 Å². The number of hydrogen-bond acceptors (Lipinski definition) is 4. The van der Waals surface area contributed by atoms with Crippen LogP contribution < -0.4 is 10.2 Å². The molecule has 0 saturated carbocycles. The maximum Gasteiger partial charge on any atom is 0.431 e. The average Bonchev–Trinajstić information content (AvgIpc) is 2.16. The molecule has 0 bridgehead atoms. The molecule has 0 aliphatic carbocycles. The number of para-hydroxylation sites is 1. The minimum absolute atomic E-state index is 0.527. The Labute approximate surface area is 80.7 Å². The van der Waals surface area contributed by atoms with E-state index in [9.17, 15) is 4.79 Å². The monoisotopic (exact) mass is 198 g/mol. The highest BCUT2D eigenvalue weighted by molar-refractivity contribution is 7.96. The molecule has 13 heavy (non-hydrogen) atoms. The number of hydrogen-bond donors (Lipinski definition) is 2. The molecule has 0 fully saturated rings. The molecule has 1 rings (SSSR count). The van der Waals surface area contributed by atoms with Crippen LogP contribution in [-0.4, -0.2) is 12.3 Å². The Morgan fingerprint density at radius 1 is 1.38 bits per heavy atom. The molecule has 5 heteroatoms. The van der Waals surface area contributed by atoms with Gasteiger partial charge in [-0.3, -0.25) is 5.32 Å². The second-order valence-corrected chi connectivity index (χ2v) is 2.74. The molecular weight excluding hydrogens is 188 g/mol. The quantitative estimate of drug-likeness (QED) is 0.576. The van der Waals surface area contributed by atoms with Gasteiger partial charge in [-0.15, -0.1) is 0 Å². The second-order valence-electron chi connectivity index (χ2n) is 2.17. The van der Waals surface area contributed by atoms with Crippen LogP contribution in [0.15, 0.2) is 30.3 Å². The summed E-state index contributed by atoms with van der Waals surface area (Å²) in [7, 11) is 0. The summed E-state index contributed by atoms with van der Waals surface area (Å²) in [6, 6.07) is 9.09. The van der Waals surface area contributed by atoms with Crippen molar-refractivity contribution in [1.29, 1.82) is 0 Å². The van der Waals surface area contributed by atoms with E-state index in [2.05, 4.69) is 15.0 Å². The molecule has 4 nitrogen and oxygen atoms in total. The Morgan fingerprint density at radius 3 is 2.69 bits per heavy atom. The van der Waals surface area contributed by atoms with E-state index in [1.807, 2.05) is 18.2 Å². The zero-order valence-electron chi connectivity index (χ0n) is 7.11. The lowest BCUT2D eigenvalue weighted by molar-refractivity contribution is 0.145. The molecule has 1 aromatic carbocycles. The summed E-state index contributed by atoms with van der Waals surface area (Å²) >= 11 is 1.21. The van der Waals surface area contributed by atoms with Crippen LogP contribution in [-0.2, 0) is 4.84 Å². The first kappa shape index (κ1) is 9.88. The largest absolute Gasteiger partial charge is 0.431 e. The molecular formula is C8H10N2O2S. The molecule has 1 amide bonds. The molecule has 0 aliphatic heterocycles. The first-order valence-electron chi connectivity index (χ1n) is 3.64. The van der Waals surface area contributed by atoms with Crippen molar-refractivity contribution in [3.8, 4) is 0 Å². The van der Waals surface area contributed by atoms with Crippen LogP contribution in [0.3, 0.4) is 0 Å². The van der Waals surface area contributed by atoms with Crippen molar-refractivity contribution in [3.05, 3.63) is 30.3 Å². The summed E-state index contributed by atoms with van der Waals surface area (Å²) in [6.07, 6.45) is 1.23. The third-order valence-electron chi connectivity index (χ3n) is 1.24. The Balaban J connectivity index is 2.37. The van der Waals surface area contributed by atoms with Gasteiger partial charge in [-0.05, 0) is 30.3 Å². The number of anilines is 1. The van der Waals surface area contributed by atoms with E-state index in [1.54, 1.807) is 18.4 Å². The van der Waals surface area contributed by atoms with Crippen LogP contribution >= 0.6 is 11.9 Å². The Hall–Kier alpha value is -1.20. The third kappa shape index (κ3) is 3.82. The van der Waals surface area contributed by atoms with E-state index in [-0.39, 0.29) is 0 Å². The van der Waals surface area contributed by atoms with Gasteiger partial charge in [0.2, 0.25) is 0 Å². The van der Waals surface area contributed by atoms with E-state index in [1.165, 1.54) is 11.9 Å². The zero-order chi connectivity index (χ0) is 9.52. The lowest BCUT2D eigenvalue weighted by Crippen LogP contribution is -2.19. The first-order chi connectivity index (χ1) is 6.33. The number of amides is 1. The average molecular weight is 198 g/mol. The molecule has 0 spiro atoms. The van der Waals surface area contributed by atoms with Crippen molar-refractivity contribution in [2.24, 2.45) is 0 Å². The fraction of sp³-hybridized carbons (Fsp3) is 0.125. The summed E-state index contributed by atoms with van der Waals surface area (Å²) < 4.78 is 0. The van der Waals surface area contributed by atoms with Gasteiger partial charge in [-0.2, -0.15) is 0 Å². The SMILES string of the molecule is CSNOC(=O)Nc1ccccc1. The van der Waals surface area contributed by atoms with Gasteiger partial charge in [0, 0.05) is 5.69 Å². The van der Waals surface area contributed by atoms with Crippen LogP contribution in [0.4, 0.5) is 10.5 Å². The van der Waals surface area contributed by atoms with E-state index >= 15 is 0 Å². The Bertz CT molecular complexity index is 266. The predicted octanol–water partition coefficient (Wildman–Crippen LogP) is 2.02. The minimum Gasteiger partial charge on any atom is -0.343 e. The molecule has 0 aromatic heterocycles. The Morgan fingerprint density at radius 2 is 2.08 bits per heavy atom. The molecule has 0 heterocycles. The van der Waals surface area contributed by atoms with Gasteiger partial charge in [0.25, 0.3) is 0 Å². The molecule has 1 aromatic rings. The summed E-state index contributed by atoms with van der Waals surface area (Å²) in [5.74, 6) is 0. The second kappa shape index (κ2) is 5.45. The number of benzene rings is 1. The molecule has 0 saturated heterocycles. The summed E-state index contributed by atoms with van der Waals surface area (Å²) in [6.45, 7) is 0. The highest BCUT2D eigenvalue weighted by Crippen LogP contribution is 2.04. The first-order valence-corrected chi connectivity index (χ1v) is 4.86. The molecule has 0 aliphatic rings. The summed E-state index contributed by atoms with van der Waals surface area (Å²) in [5, 5.41) is 2.54. The number of carbonyl (C=O) groups excluding carboxylic acids is 1. The maximum atomic E-state index is 11.0. The number of rotatable bonds is 3. The normalized spacial score (nSPS) is 9.31. The van der Waals surface area contributed by atoms with Gasteiger partial charge in [-0.25, -0.2) is 4.79 Å². The third-order valence-corrected chi connectivity index (χ3v) is 1.49. The highest BCUT2D eigenvalue weighted by Gasteiger charge is 2.00. The van der Waals surface area contributed by atoms with Gasteiger partial charge >= 0.3 is 6.09 Å². The van der Waals surface area contributed by atoms with Gasteiger partial charge in [0.1, 0.15) is 0 Å². The van der Waals surface area contributed by atoms with Gasteiger partial charge in [-0.1, -0.05) is 23.1 Å². The van der Waals surface area contributed by atoms with Gasteiger partial charge < -0.3 is 4.84 Å². The topological polar surface area (TPSA) is 50.4 Å². The molecule has 70 valence electrons. The molecule has 0 unspecified atom stereocenters. The standard InChI is InChI=1S/C8H10N2O2S/c1-13-10-12-8(11)9-7-5-3-2-4-6-7/h2-6,10H,1H3,(H,9,11). The predicted molar refractivity (Wildman–Crippen MR) is 53.2 cm³/mol. The zero-order valence-corrected chi connectivity index (χ0v) is 7.93. The lowest BCUT2D eigenvalue weighted by Gasteiger charge is -2.04. The molecule has 0 atom stereocenters. The van der Waals surface area contributed by atoms with E-state index in [0.717, 1.165) is 0 Å². The van der Waals surface area contributed by atoms with Crippen LogP contribution in [0, 0.1) is 0 Å². The van der Waals surface area contributed by atoms with Crippen molar-refractivity contribution in [1.82, 2.24) is 4.89 Å². The summed E-state index contributed by atoms with van der Waals surface area (Å²) in [4.78, 5) is 17.9. The van der Waals surface area contributed by atoms with Crippen LogP contribution in [0.1, 0.15) is 0 Å². The Kier molecular flexibility index (Phi) is 4.14. The van der Waals surface area contributed by atoms with Crippen molar-refractivity contribution >= 4 is 23.7 Å². The van der Waals surface area contributed by atoms with Crippen molar-refractivity contribution < 1.29 is 9.63 Å². The fourth-order valence-electron chi connectivity index (χ4n) is 0.744. The van der Waals surface area contributed by atoms with Crippen molar-refractivity contribution in [2.45, 2.75) is 0 Å². The van der Waals surface area contributed by atoms with Gasteiger partial charge in [0.15, 0.2) is 0 Å². The van der Waals surface area contributed by atoms with Gasteiger partial charge in [0.05, 0.1) is 0 Å². The highest BCUT2D eigenvalue weighted by atomic mass is 32.2. The number of carbonyl (C=O) groups is 1. The van der Waals surface area contributed by atoms with E-state index < -0.39 is 6.09 Å².